The third-order valence-electron chi connectivity index (χ3n) is 5.54. The SMILES string of the molecule is COc1ccc2nc(N3C(=O)C(=O)C(=C(O)c4ccc(Cl)cc4)[C@H]3c3ccc(F)cc3)sc2c1. The molecule has 170 valence electrons. The summed E-state index contributed by atoms with van der Waals surface area (Å²) in [5, 5.41) is 11.8. The topological polar surface area (TPSA) is 79.7 Å². The van der Waals surface area contributed by atoms with Crippen molar-refractivity contribution >= 4 is 55.7 Å². The molecule has 1 aliphatic rings. The van der Waals surface area contributed by atoms with Gasteiger partial charge in [0.1, 0.15) is 17.3 Å². The van der Waals surface area contributed by atoms with E-state index in [-0.39, 0.29) is 16.5 Å². The molecule has 1 aromatic heterocycles. The van der Waals surface area contributed by atoms with E-state index in [1.165, 1.54) is 40.5 Å². The molecule has 2 heterocycles. The Morgan fingerprint density at radius 3 is 2.47 bits per heavy atom. The molecular formula is C25H16ClFN2O4S. The standard InChI is InChI=1S/C25H16ClFN2O4S/c1-33-17-10-11-18-19(12-17)34-25(28-18)29-21(13-4-8-16(27)9-5-13)20(23(31)24(29)32)22(30)14-2-6-15(26)7-3-14/h2-12,21,30H,1H3/t21-/m1/s1. The van der Waals surface area contributed by atoms with Gasteiger partial charge in [-0.1, -0.05) is 35.1 Å². The van der Waals surface area contributed by atoms with E-state index in [9.17, 15) is 19.1 Å². The number of aliphatic hydroxyl groups excluding tert-OH is 1. The van der Waals surface area contributed by atoms with Crippen LogP contribution in [-0.2, 0) is 9.59 Å². The first-order chi connectivity index (χ1) is 16.4. The van der Waals surface area contributed by atoms with Gasteiger partial charge < -0.3 is 9.84 Å². The van der Waals surface area contributed by atoms with E-state index >= 15 is 0 Å². The number of carbonyl (C=O) groups excluding carboxylic acids is 2. The molecule has 1 amide bonds. The van der Waals surface area contributed by atoms with Gasteiger partial charge in [0.2, 0.25) is 0 Å². The highest BCUT2D eigenvalue weighted by Gasteiger charge is 2.48. The summed E-state index contributed by atoms with van der Waals surface area (Å²) in [5.41, 5.74) is 1.28. The molecule has 1 fully saturated rings. The van der Waals surface area contributed by atoms with Crippen LogP contribution in [-0.4, -0.2) is 28.9 Å². The number of fused-ring (bicyclic) bond motifs is 1. The molecule has 0 spiro atoms. The minimum Gasteiger partial charge on any atom is -0.507 e. The van der Waals surface area contributed by atoms with E-state index in [1.54, 1.807) is 49.6 Å². The van der Waals surface area contributed by atoms with E-state index < -0.39 is 23.5 Å². The molecule has 1 N–H and O–H groups in total. The molecule has 0 aliphatic carbocycles. The van der Waals surface area contributed by atoms with Crippen LogP contribution in [0.3, 0.4) is 0 Å². The Labute approximate surface area is 202 Å². The van der Waals surface area contributed by atoms with Gasteiger partial charge in [0.15, 0.2) is 5.13 Å². The number of halogens is 2. The van der Waals surface area contributed by atoms with Crippen molar-refractivity contribution in [2.45, 2.75) is 6.04 Å². The summed E-state index contributed by atoms with van der Waals surface area (Å²) in [6.45, 7) is 0. The number of aliphatic hydroxyl groups is 1. The molecule has 0 radical (unpaired) electrons. The van der Waals surface area contributed by atoms with Crippen molar-refractivity contribution in [1.29, 1.82) is 0 Å². The van der Waals surface area contributed by atoms with Gasteiger partial charge in [0.05, 0.1) is 28.9 Å². The van der Waals surface area contributed by atoms with E-state index in [2.05, 4.69) is 4.98 Å². The molecule has 0 unspecified atom stereocenters. The highest BCUT2D eigenvalue weighted by molar-refractivity contribution is 7.22. The van der Waals surface area contributed by atoms with Crippen LogP contribution in [0.1, 0.15) is 17.2 Å². The molecule has 5 rings (SSSR count). The summed E-state index contributed by atoms with van der Waals surface area (Å²) < 4.78 is 19.7. The number of nitrogens with zero attached hydrogens (tertiary/aromatic N) is 2. The van der Waals surface area contributed by atoms with Crippen LogP contribution in [0.25, 0.3) is 16.0 Å². The Morgan fingerprint density at radius 1 is 1.09 bits per heavy atom. The third-order valence-corrected chi connectivity index (χ3v) is 6.81. The lowest BCUT2D eigenvalue weighted by molar-refractivity contribution is -0.132. The zero-order valence-corrected chi connectivity index (χ0v) is 19.2. The summed E-state index contributed by atoms with van der Waals surface area (Å²) in [7, 11) is 1.55. The van der Waals surface area contributed by atoms with Crippen molar-refractivity contribution < 1.29 is 23.8 Å². The third kappa shape index (κ3) is 3.70. The second kappa shape index (κ2) is 8.55. The Bertz CT molecular complexity index is 1460. The zero-order valence-electron chi connectivity index (χ0n) is 17.7. The smallest absolute Gasteiger partial charge is 0.301 e. The molecule has 6 nitrogen and oxygen atoms in total. The monoisotopic (exact) mass is 494 g/mol. The quantitative estimate of drug-likeness (QED) is 0.223. The molecule has 1 saturated heterocycles. The Hall–Kier alpha value is -3.75. The van der Waals surface area contributed by atoms with Gasteiger partial charge in [-0.05, 0) is 60.2 Å². The average molecular weight is 495 g/mol. The lowest BCUT2D eigenvalue weighted by Gasteiger charge is -2.23. The average Bonchev–Trinajstić information content (AvgIpc) is 3.37. The maximum Gasteiger partial charge on any atom is 0.301 e. The minimum atomic E-state index is -1.00. The number of rotatable bonds is 4. The fourth-order valence-electron chi connectivity index (χ4n) is 3.88. The number of anilines is 1. The lowest BCUT2D eigenvalue weighted by Crippen LogP contribution is -2.29. The number of ketones is 1. The number of carbonyl (C=O) groups is 2. The lowest BCUT2D eigenvalue weighted by atomic mass is 9.95. The number of thiazole rings is 1. The summed E-state index contributed by atoms with van der Waals surface area (Å²) in [6, 6.07) is 16.0. The predicted molar refractivity (Wildman–Crippen MR) is 129 cm³/mol. The molecular weight excluding hydrogens is 479 g/mol. The van der Waals surface area contributed by atoms with Crippen molar-refractivity contribution in [2.24, 2.45) is 0 Å². The van der Waals surface area contributed by atoms with E-state index in [4.69, 9.17) is 16.3 Å². The van der Waals surface area contributed by atoms with Crippen LogP contribution in [0.5, 0.6) is 5.75 Å². The van der Waals surface area contributed by atoms with Crippen molar-refractivity contribution in [2.75, 3.05) is 12.0 Å². The largest absolute Gasteiger partial charge is 0.507 e. The van der Waals surface area contributed by atoms with Crippen molar-refractivity contribution in [3.63, 3.8) is 0 Å². The Balaban J connectivity index is 1.71. The first-order valence-electron chi connectivity index (χ1n) is 10.1. The predicted octanol–water partition coefficient (Wildman–Crippen LogP) is 5.72. The summed E-state index contributed by atoms with van der Waals surface area (Å²) in [4.78, 5) is 32.2. The summed E-state index contributed by atoms with van der Waals surface area (Å²) in [5.74, 6) is -1.89. The number of amides is 1. The molecule has 1 atom stereocenters. The first-order valence-corrected chi connectivity index (χ1v) is 11.3. The number of hydrogen-bond donors (Lipinski definition) is 1. The molecule has 34 heavy (non-hydrogen) atoms. The van der Waals surface area contributed by atoms with Crippen LogP contribution in [0.4, 0.5) is 9.52 Å². The van der Waals surface area contributed by atoms with Gasteiger partial charge in [0, 0.05) is 10.6 Å². The maximum atomic E-state index is 13.7. The highest BCUT2D eigenvalue weighted by Crippen LogP contribution is 2.44. The van der Waals surface area contributed by atoms with Crippen LogP contribution in [0.2, 0.25) is 5.02 Å². The normalized spacial score (nSPS) is 17.5. The zero-order chi connectivity index (χ0) is 24.0. The number of ether oxygens (including phenoxy) is 1. The molecule has 0 bridgehead atoms. The van der Waals surface area contributed by atoms with Crippen molar-refractivity contribution in [3.05, 3.63) is 94.3 Å². The molecule has 1 aliphatic heterocycles. The van der Waals surface area contributed by atoms with E-state index in [0.29, 0.717) is 27.4 Å². The Kier molecular flexibility index (Phi) is 5.55. The fraction of sp³-hybridized carbons (Fsp3) is 0.0800. The summed E-state index contributed by atoms with van der Waals surface area (Å²) in [6.07, 6.45) is 0. The fourth-order valence-corrected chi connectivity index (χ4v) is 5.02. The number of Topliss-reactive ketones (excluding diaryl/α,β-unsaturated/α-hetero) is 1. The highest BCUT2D eigenvalue weighted by atomic mass is 35.5. The molecule has 4 aromatic rings. The van der Waals surface area contributed by atoms with E-state index in [1.807, 2.05) is 0 Å². The second-order valence-corrected chi connectivity index (χ2v) is 9.00. The van der Waals surface area contributed by atoms with Gasteiger partial charge >= 0.3 is 5.91 Å². The van der Waals surface area contributed by atoms with Crippen LogP contribution in [0, 0.1) is 5.82 Å². The number of methoxy groups -OCH3 is 1. The number of benzene rings is 3. The molecule has 9 heteroatoms. The minimum absolute atomic E-state index is 0.115. The van der Waals surface area contributed by atoms with Gasteiger partial charge in [-0.3, -0.25) is 14.5 Å². The number of aromatic nitrogens is 1. The van der Waals surface area contributed by atoms with Crippen molar-refractivity contribution in [3.8, 4) is 5.75 Å². The Morgan fingerprint density at radius 2 is 1.79 bits per heavy atom. The van der Waals surface area contributed by atoms with Crippen molar-refractivity contribution in [1.82, 2.24) is 4.98 Å². The maximum absolute atomic E-state index is 13.7. The first kappa shape index (κ1) is 22.1. The van der Waals surface area contributed by atoms with E-state index in [0.717, 1.165) is 4.70 Å². The number of hydrogen-bond acceptors (Lipinski definition) is 6. The second-order valence-electron chi connectivity index (χ2n) is 7.56. The van der Waals surface area contributed by atoms with Crippen LogP contribution >= 0.6 is 22.9 Å². The molecule has 0 saturated carbocycles. The summed E-state index contributed by atoms with van der Waals surface area (Å²) >= 11 is 7.16. The van der Waals surface area contributed by atoms with Gasteiger partial charge in [-0.2, -0.15) is 0 Å². The van der Waals surface area contributed by atoms with Crippen LogP contribution in [0.15, 0.2) is 72.3 Å². The van der Waals surface area contributed by atoms with Gasteiger partial charge in [0.25, 0.3) is 5.78 Å². The molecule has 3 aromatic carbocycles. The van der Waals surface area contributed by atoms with Crippen LogP contribution < -0.4 is 9.64 Å². The van der Waals surface area contributed by atoms with Gasteiger partial charge in [-0.15, -0.1) is 0 Å². The van der Waals surface area contributed by atoms with Gasteiger partial charge in [-0.25, -0.2) is 9.37 Å².